The number of carbonyl (C=O) groups is 1. The first-order chi connectivity index (χ1) is 10.0. The summed E-state index contributed by atoms with van der Waals surface area (Å²) in [5.41, 5.74) is 4.49. The standard InChI is InChI=1S/C17H18N2O2/c1-9(20)11-3-13-14-5-12(21)6-15-17(14)10(7-18-15)4-16(13)19(2)8-11/h3,5-7,11,16,18,21H,4,8H2,1-2H3/t11-,16-/m1/s1. The molecule has 0 saturated carbocycles. The molecule has 2 aromatic rings. The van der Waals surface area contributed by atoms with Gasteiger partial charge in [-0.25, -0.2) is 0 Å². The predicted octanol–water partition coefficient (Wildman–Crippen LogP) is 2.33. The third-order valence-electron chi connectivity index (χ3n) is 4.85. The number of nitrogens with zero attached hydrogens (tertiary/aromatic N) is 1. The van der Waals surface area contributed by atoms with E-state index in [9.17, 15) is 9.90 Å². The fraction of sp³-hybridized carbons (Fsp3) is 0.353. The lowest BCUT2D eigenvalue weighted by Crippen LogP contribution is -2.43. The first-order valence-corrected chi connectivity index (χ1v) is 7.30. The van der Waals surface area contributed by atoms with Crippen molar-refractivity contribution in [2.24, 2.45) is 5.92 Å². The van der Waals surface area contributed by atoms with Gasteiger partial charge in [-0.2, -0.15) is 0 Å². The van der Waals surface area contributed by atoms with Crippen LogP contribution in [0.25, 0.3) is 16.5 Å². The van der Waals surface area contributed by atoms with Gasteiger partial charge in [0.2, 0.25) is 0 Å². The number of ketones is 1. The van der Waals surface area contributed by atoms with Crippen molar-refractivity contribution in [3.63, 3.8) is 0 Å². The number of hydrogen-bond acceptors (Lipinski definition) is 3. The molecule has 0 unspecified atom stereocenters. The minimum absolute atomic E-state index is 0.0564. The van der Waals surface area contributed by atoms with Gasteiger partial charge in [-0.05, 0) is 43.2 Å². The zero-order valence-corrected chi connectivity index (χ0v) is 12.2. The second-order valence-electron chi connectivity index (χ2n) is 6.23. The minimum Gasteiger partial charge on any atom is -0.508 e. The molecule has 21 heavy (non-hydrogen) atoms. The summed E-state index contributed by atoms with van der Waals surface area (Å²) in [5, 5.41) is 11.2. The molecule has 0 amide bonds. The molecule has 1 aliphatic heterocycles. The summed E-state index contributed by atoms with van der Waals surface area (Å²) in [4.78, 5) is 17.3. The molecule has 1 aromatic heterocycles. The summed E-state index contributed by atoms with van der Waals surface area (Å²) in [6.45, 7) is 2.42. The zero-order chi connectivity index (χ0) is 14.7. The first kappa shape index (κ1) is 12.7. The molecule has 0 bridgehead atoms. The number of phenolic OH excluding ortho intramolecular Hbond substituents is 1. The molecule has 0 spiro atoms. The Kier molecular flexibility index (Phi) is 2.54. The van der Waals surface area contributed by atoms with Crippen LogP contribution < -0.4 is 0 Å². The van der Waals surface area contributed by atoms with Crippen molar-refractivity contribution >= 4 is 22.3 Å². The molecular weight excluding hydrogens is 264 g/mol. The number of aromatic nitrogens is 1. The number of aromatic hydroxyl groups is 1. The van der Waals surface area contributed by atoms with Crippen LogP contribution in [-0.2, 0) is 11.2 Å². The number of benzene rings is 1. The summed E-state index contributed by atoms with van der Waals surface area (Å²) >= 11 is 0. The highest BCUT2D eigenvalue weighted by atomic mass is 16.3. The second-order valence-corrected chi connectivity index (χ2v) is 6.23. The van der Waals surface area contributed by atoms with Crippen LogP contribution in [0.1, 0.15) is 18.1 Å². The Balaban J connectivity index is 1.98. The van der Waals surface area contributed by atoms with Gasteiger partial charge in [0.25, 0.3) is 0 Å². The second kappa shape index (κ2) is 4.21. The smallest absolute Gasteiger partial charge is 0.137 e. The average molecular weight is 282 g/mol. The molecule has 2 heterocycles. The first-order valence-electron chi connectivity index (χ1n) is 7.30. The molecule has 4 heteroatoms. The molecule has 1 aliphatic carbocycles. The Morgan fingerprint density at radius 3 is 3.00 bits per heavy atom. The van der Waals surface area contributed by atoms with Gasteiger partial charge in [0.05, 0.1) is 0 Å². The Labute approximate surface area is 123 Å². The summed E-state index contributed by atoms with van der Waals surface area (Å²) in [6.07, 6.45) is 5.09. The number of fused-ring (bicyclic) bond motifs is 2. The van der Waals surface area contributed by atoms with Crippen molar-refractivity contribution in [2.75, 3.05) is 13.6 Å². The summed E-state index contributed by atoms with van der Waals surface area (Å²) in [6, 6.07) is 3.88. The number of H-pyrrole nitrogens is 1. The van der Waals surface area contributed by atoms with Gasteiger partial charge in [0, 0.05) is 41.7 Å². The van der Waals surface area contributed by atoms with E-state index in [1.807, 2.05) is 12.3 Å². The van der Waals surface area contributed by atoms with Crippen molar-refractivity contribution in [1.29, 1.82) is 0 Å². The number of rotatable bonds is 1. The highest BCUT2D eigenvalue weighted by Gasteiger charge is 2.34. The molecule has 1 aromatic carbocycles. The topological polar surface area (TPSA) is 56.3 Å². The zero-order valence-electron chi connectivity index (χ0n) is 12.2. The van der Waals surface area contributed by atoms with E-state index in [1.165, 1.54) is 16.5 Å². The SMILES string of the molecule is CC(=O)[C@@H]1C=C2c3cc(O)cc4[nH]cc(c34)C[C@H]2N(C)C1. The molecule has 0 fully saturated rings. The van der Waals surface area contributed by atoms with Crippen LogP contribution in [0.3, 0.4) is 0 Å². The fourth-order valence-electron chi connectivity index (χ4n) is 3.76. The molecule has 2 N–H and O–H groups in total. The van der Waals surface area contributed by atoms with Crippen LogP contribution >= 0.6 is 0 Å². The molecule has 0 radical (unpaired) electrons. The maximum Gasteiger partial charge on any atom is 0.137 e. The maximum atomic E-state index is 11.8. The minimum atomic E-state index is -0.0564. The van der Waals surface area contributed by atoms with Crippen molar-refractivity contribution in [1.82, 2.24) is 9.88 Å². The van der Waals surface area contributed by atoms with Gasteiger partial charge in [-0.3, -0.25) is 9.69 Å². The van der Waals surface area contributed by atoms with Crippen LogP contribution in [-0.4, -0.2) is 40.4 Å². The van der Waals surface area contributed by atoms with E-state index in [1.54, 1.807) is 13.0 Å². The van der Waals surface area contributed by atoms with E-state index >= 15 is 0 Å². The fourth-order valence-corrected chi connectivity index (χ4v) is 3.76. The van der Waals surface area contributed by atoms with E-state index in [2.05, 4.69) is 23.0 Å². The number of aromatic amines is 1. The van der Waals surface area contributed by atoms with Gasteiger partial charge in [0.1, 0.15) is 11.5 Å². The number of Topliss-reactive ketones (excluding diaryl/α,β-unsaturated/α-hetero) is 1. The van der Waals surface area contributed by atoms with Crippen LogP contribution in [0.15, 0.2) is 24.4 Å². The Hall–Kier alpha value is -2.07. The van der Waals surface area contributed by atoms with Crippen molar-refractivity contribution in [3.8, 4) is 5.75 Å². The Bertz CT molecular complexity index is 787. The molecular formula is C17H18N2O2. The quantitative estimate of drug-likeness (QED) is 0.844. The number of phenols is 1. The van der Waals surface area contributed by atoms with E-state index in [0.717, 1.165) is 24.0 Å². The summed E-state index contributed by atoms with van der Waals surface area (Å²) < 4.78 is 0. The molecule has 108 valence electrons. The molecule has 2 atom stereocenters. The number of carbonyl (C=O) groups excluding carboxylic acids is 1. The highest BCUT2D eigenvalue weighted by Crippen LogP contribution is 2.42. The van der Waals surface area contributed by atoms with Gasteiger partial charge < -0.3 is 10.1 Å². The average Bonchev–Trinajstić information content (AvgIpc) is 2.83. The number of hydrogen-bond donors (Lipinski definition) is 2. The van der Waals surface area contributed by atoms with Gasteiger partial charge in [0.15, 0.2) is 0 Å². The van der Waals surface area contributed by atoms with E-state index in [0.29, 0.717) is 0 Å². The lowest BCUT2D eigenvalue weighted by Gasteiger charge is -2.39. The van der Waals surface area contributed by atoms with Crippen molar-refractivity contribution < 1.29 is 9.90 Å². The molecule has 4 nitrogen and oxygen atoms in total. The monoisotopic (exact) mass is 282 g/mol. The van der Waals surface area contributed by atoms with Gasteiger partial charge in [-0.1, -0.05) is 6.08 Å². The van der Waals surface area contributed by atoms with E-state index < -0.39 is 0 Å². The van der Waals surface area contributed by atoms with E-state index in [4.69, 9.17) is 0 Å². The highest BCUT2D eigenvalue weighted by molar-refractivity contribution is 6.00. The van der Waals surface area contributed by atoms with Crippen LogP contribution in [0.4, 0.5) is 0 Å². The molecule has 2 aliphatic rings. The van der Waals surface area contributed by atoms with Gasteiger partial charge >= 0.3 is 0 Å². The Morgan fingerprint density at radius 2 is 2.24 bits per heavy atom. The normalized spacial score (nSPS) is 24.8. The molecule has 4 rings (SSSR count). The lowest BCUT2D eigenvalue weighted by atomic mass is 9.79. The third-order valence-corrected chi connectivity index (χ3v) is 4.85. The lowest BCUT2D eigenvalue weighted by molar-refractivity contribution is -0.120. The Morgan fingerprint density at radius 1 is 1.43 bits per heavy atom. The van der Waals surface area contributed by atoms with Crippen molar-refractivity contribution in [3.05, 3.63) is 35.5 Å². The van der Waals surface area contributed by atoms with Crippen LogP contribution in [0.2, 0.25) is 0 Å². The third kappa shape index (κ3) is 1.75. The number of nitrogens with one attached hydrogen (secondary N) is 1. The van der Waals surface area contributed by atoms with Crippen LogP contribution in [0, 0.1) is 5.92 Å². The van der Waals surface area contributed by atoms with Crippen LogP contribution in [0.5, 0.6) is 5.75 Å². The maximum absolute atomic E-state index is 11.8. The summed E-state index contributed by atoms with van der Waals surface area (Å²) in [7, 11) is 2.07. The predicted molar refractivity (Wildman–Crippen MR) is 82.2 cm³/mol. The van der Waals surface area contributed by atoms with Crippen molar-refractivity contribution in [2.45, 2.75) is 19.4 Å². The number of likely N-dealkylation sites (N-methyl/N-ethyl adjacent to an activating group) is 1. The largest absolute Gasteiger partial charge is 0.508 e. The molecule has 0 saturated heterocycles. The van der Waals surface area contributed by atoms with E-state index in [-0.39, 0.29) is 23.5 Å². The summed E-state index contributed by atoms with van der Waals surface area (Å²) in [5.74, 6) is 0.406. The van der Waals surface area contributed by atoms with Gasteiger partial charge in [-0.15, -0.1) is 0 Å².